The number of rotatable bonds is 4. The van der Waals surface area contributed by atoms with Crippen LogP contribution in [0.1, 0.15) is 12.5 Å². The first-order chi connectivity index (χ1) is 8.63. The van der Waals surface area contributed by atoms with Gasteiger partial charge in [-0.25, -0.2) is 9.97 Å². The van der Waals surface area contributed by atoms with Gasteiger partial charge in [0.2, 0.25) is 5.28 Å². The lowest BCUT2D eigenvalue weighted by molar-refractivity contribution is -0.116. The van der Waals surface area contributed by atoms with Crippen LogP contribution < -0.4 is 5.32 Å². The van der Waals surface area contributed by atoms with Crippen LogP contribution in [0, 0.1) is 0 Å². The van der Waals surface area contributed by atoms with Crippen LogP contribution in [0.5, 0.6) is 0 Å². The van der Waals surface area contributed by atoms with Crippen molar-refractivity contribution in [3.63, 3.8) is 0 Å². The molecule has 0 spiro atoms. The summed E-state index contributed by atoms with van der Waals surface area (Å²) in [5.41, 5.74) is 1.88. The Morgan fingerprint density at radius 1 is 1.28 bits per heavy atom. The van der Waals surface area contributed by atoms with E-state index in [1.807, 2.05) is 24.3 Å². The Hall–Kier alpha value is -1.94. The molecule has 0 fully saturated rings. The zero-order valence-electron chi connectivity index (χ0n) is 9.85. The van der Waals surface area contributed by atoms with Gasteiger partial charge in [-0.2, -0.15) is 0 Å². The van der Waals surface area contributed by atoms with Gasteiger partial charge in [0.25, 0.3) is 0 Å². The van der Waals surface area contributed by atoms with Crippen LogP contribution in [-0.4, -0.2) is 15.8 Å². The second-order valence-corrected chi connectivity index (χ2v) is 4.25. The average Bonchev–Trinajstić information content (AvgIpc) is 2.31. The molecule has 0 radical (unpaired) electrons. The number of anilines is 2. The Kier molecular flexibility index (Phi) is 3.89. The summed E-state index contributed by atoms with van der Waals surface area (Å²) in [6.45, 7) is 1.58. The molecule has 1 aromatic heterocycles. The second-order valence-electron chi connectivity index (χ2n) is 3.91. The molecule has 5 heteroatoms. The van der Waals surface area contributed by atoms with E-state index < -0.39 is 0 Å². The highest BCUT2D eigenvalue weighted by Crippen LogP contribution is 2.16. The monoisotopic (exact) mass is 261 g/mol. The minimum absolute atomic E-state index is 0.151. The van der Waals surface area contributed by atoms with E-state index in [2.05, 4.69) is 15.3 Å². The van der Waals surface area contributed by atoms with Gasteiger partial charge in [-0.15, -0.1) is 0 Å². The van der Waals surface area contributed by atoms with E-state index in [4.69, 9.17) is 11.6 Å². The number of nitrogens with zero attached hydrogens (tertiary/aromatic N) is 2. The molecule has 0 atom stereocenters. The fraction of sp³-hybridized carbons (Fsp3) is 0.154. The van der Waals surface area contributed by atoms with Crippen molar-refractivity contribution in [3.05, 3.63) is 47.4 Å². The molecule has 0 saturated heterocycles. The van der Waals surface area contributed by atoms with Crippen molar-refractivity contribution < 1.29 is 4.79 Å². The molecule has 0 amide bonds. The second kappa shape index (κ2) is 5.60. The number of ketones is 1. The van der Waals surface area contributed by atoms with Crippen LogP contribution >= 0.6 is 11.6 Å². The molecule has 2 rings (SSSR count). The largest absolute Gasteiger partial charge is 0.340 e. The fourth-order valence-electron chi connectivity index (χ4n) is 1.55. The lowest BCUT2D eigenvalue weighted by atomic mass is 10.1. The third-order valence-corrected chi connectivity index (χ3v) is 2.49. The molecule has 4 nitrogen and oxygen atoms in total. The van der Waals surface area contributed by atoms with Crippen LogP contribution in [0.15, 0.2) is 36.5 Å². The van der Waals surface area contributed by atoms with E-state index in [1.165, 1.54) is 0 Å². The van der Waals surface area contributed by atoms with Gasteiger partial charge in [0.1, 0.15) is 11.6 Å². The molecule has 0 saturated carbocycles. The van der Waals surface area contributed by atoms with Gasteiger partial charge in [0, 0.05) is 18.3 Å². The molecule has 1 N–H and O–H groups in total. The Bertz CT molecular complexity index is 554. The maximum absolute atomic E-state index is 11.0. The molecule has 92 valence electrons. The van der Waals surface area contributed by atoms with E-state index >= 15 is 0 Å². The molecular formula is C13H12ClN3O. The first-order valence-corrected chi connectivity index (χ1v) is 5.85. The first kappa shape index (κ1) is 12.5. The predicted octanol–water partition coefficient (Wildman–Crippen LogP) is 3.01. The summed E-state index contributed by atoms with van der Waals surface area (Å²) in [7, 11) is 0. The summed E-state index contributed by atoms with van der Waals surface area (Å²) in [6, 6.07) is 9.34. The summed E-state index contributed by atoms with van der Waals surface area (Å²) in [5, 5.41) is 3.31. The number of carbonyl (C=O) groups is 1. The maximum Gasteiger partial charge on any atom is 0.224 e. The van der Waals surface area contributed by atoms with Crippen LogP contribution in [0.2, 0.25) is 5.28 Å². The molecule has 2 aromatic rings. The number of carbonyl (C=O) groups excluding carboxylic acids is 1. The summed E-state index contributed by atoms with van der Waals surface area (Å²) < 4.78 is 0. The smallest absolute Gasteiger partial charge is 0.224 e. The van der Waals surface area contributed by atoms with E-state index in [0.717, 1.165) is 11.3 Å². The van der Waals surface area contributed by atoms with Gasteiger partial charge in [-0.05, 0) is 42.3 Å². The van der Waals surface area contributed by atoms with Gasteiger partial charge >= 0.3 is 0 Å². The summed E-state index contributed by atoms with van der Waals surface area (Å²) >= 11 is 5.69. The van der Waals surface area contributed by atoms with E-state index in [-0.39, 0.29) is 11.1 Å². The molecule has 0 aliphatic rings. The number of Topliss-reactive ketones (excluding diaryl/α,β-unsaturated/α-hetero) is 1. The van der Waals surface area contributed by atoms with Gasteiger partial charge in [-0.3, -0.25) is 4.79 Å². The van der Waals surface area contributed by atoms with Crippen molar-refractivity contribution in [2.24, 2.45) is 0 Å². The van der Waals surface area contributed by atoms with Crippen molar-refractivity contribution in [1.82, 2.24) is 9.97 Å². The van der Waals surface area contributed by atoms with E-state index in [0.29, 0.717) is 12.2 Å². The standard InChI is InChI=1S/C13H12ClN3O/c1-9(18)8-10-2-4-11(5-3-10)16-12-6-7-15-13(14)17-12/h2-7H,8H2,1H3,(H,15,16,17). The van der Waals surface area contributed by atoms with Crippen molar-refractivity contribution in [1.29, 1.82) is 0 Å². The highest BCUT2D eigenvalue weighted by atomic mass is 35.5. The van der Waals surface area contributed by atoms with Crippen LogP contribution in [-0.2, 0) is 11.2 Å². The summed E-state index contributed by atoms with van der Waals surface area (Å²) in [6.07, 6.45) is 2.04. The number of benzene rings is 1. The summed E-state index contributed by atoms with van der Waals surface area (Å²) in [5.74, 6) is 0.785. The topological polar surface area (TPSA) is 54.9 Å². The van der Waals surface area contributed by atoms with E-state index in [1.54, 1.807) is 19.2 Å². The van der Waals surface area contributed by atoms with Crippen molar-refractivity contribution >= 4 is 28.9 Å². The van der Waals surface area contributed by atoms with Crippen LogP contribution in [0.25, 0.3) is 0 Å². The lowest BCUT2D eigenvalue weighted by Crippen LogP contribution is -1.97. The molecule has 1 heterocycles. The molecular weight excluding hydrogens is 250 g/mol. The average molecular weight is 262 g/mol. The summed E-state index contributed by atoms with van der Waals surface area (Å²) in [4.78, 5) is 18.8. The van der Waals surface area contributed by atoms with Crippen molar-refractivity contribution in [2.75, 3.05) is 5.32 Å². The number of hydrogen-bond acceptors (Lipinski definition) is 4. The Balaban J connectivity index is 2.08. The van der Waals surface area contributed by atoms with Crippen LogP contribution in [0.4, 0.5) is 11.5 Å². The Labute approximate surface area is 110 Å². The van der Waals surface area contributed by atoms with Gasteiger partial charge in [0.15, 0.2) is 0 Å². The van der Waals surface area contributed by atoms with Gasteiger partial charge in [-0.1, -0.05) is 12.1 Å². The minimum Gasteiger partial charge on any atom is -0.340 e. The maximum atomic E-state index is 11.0. The van der Waals surface area contributed by atoms with Crippen LogP contribution in [0.3, 0.4) is 0 Å². The molecule has 1 aromatic carbocycles. The third kappa shape index (κ3) is 3.53. The van der Waals surface area contributed by atoms with Crippen molar-refractivity contribution in [3.8, 4) is 0 Å². The molecule has 0 bridgehead atoms. The van der Waals surface area contributed by atoms with Crippen molar-refractivity contribution in [2.45, 2.75) is 13.3 Å². The predicted molar refractivity (Wildman–Crippen MR) is 71.2 cm³/mol. The number of nitrogens with one attached hydrogen (secondary N) is 1. The lowest BCUT2D eigenvalue weighted by Gasteiger charge is -2.06. The molecule has 0 aliphatic heterocycles. The Morgan fingerprint density at radius 2 is 2.00 bits per heavy atom. The van der Waals surface area contributed by atoms with Gasteiger partial charge < -0.3 is 5.32 Å². The van der Waals surface area contributed by atoms with E-state index in [9.17, 15) is 4.79 Å². The Morgan fingerprint density at radius 3 is 2.61 bits per heavy atom. The molecule has 0 unspecified atom stereocenters. The highest BCUT2D eigenvalue weighted by Gasteiger charge is 2.00. The number of halogens is 1. The fourth-order valence-corrected chi connectivity index (χ4v) is 1.69. The zero-order valence-corrected chi connectivity index (χ0v) is 10.6. The highest BCUT2D eigenvalue weighted by molar-refractivity contribution is 6.28. The third-order valence-electron chi connectivity index (χ3n) is 2.31. The molecule has 0 aliphatic carbocycles. The minimum atomic E-state index is 0.151. The normalized spacial score (nSPS) is 10.1. The number of hydrogen-bond donors (Lipinski definition) is 1. The molecule has 18 heavy (non-hydrogen) atoms. The van der Waals surface area contributed by atoms with Gasteiger partial charge in [0.05, 0.1) is 0 Å². The zero-order chi connectivity index (χ0) is 13.0. The SMILES string of the molecule is CC(=O)Cc1ccc(Nc2ccnc(Cl)n2)cc1. The number of aromatic nitrogens is 2. The quantitative estimate of drug-likeness (QED) is 0.860. The first-order valence-electron chi connectivity index (χ1n) is 5.47.